The molecule has 0 saturated heterocycles. The normalized spacial score (nSPS) is 13.8. The predicted octanol–water partition coefficient (Wildman–Crippen LogP) is 3.96. The lowest BCUT2D eigenvalue weighted by atomic mass is 10.1. The van der Waals surface area contributed by atoms with E-state index in [0.29, 0.717) is 12.1 Å². The molecule has 0 aromatic heterocycles. The summed E-state index contributed by atoms with van der Waals surface area (Å²) in [5.74, 6) is -0.850. The molecule has 0 fully saturated rings. The minimum Gasteiger partial charge on any atom is -0.318 e. The molecule has 1 heterocycles. The van der Waals surface area contributed by atoms with Gasteiger partial charge in [0.1, 0.15) is 17.5 Å². The summed E-state index contributed by atoms with van der Waals surface area (Å²) in [5, 5.41) is 8.28. The van der Waals surface area contributed by atoms with E-state index in [2.05, 4.69) is 0 Å². The first kappa shape index (κ1) is 12.1. The number of hydrogen-bond donors (Lipinski definition) is 1. The Kier molecular flexibility index (Phi) is 2.75. The van der Waals surface area contributed by atoms with Crippen molar-refractivity contribution in [2.24, 2.45) is 0 Å². The summed E-state index contributed by atoms with van der Waals surface area (Å²) in [7, 11) is 0. The zero-order chi connectivity index (χ0) is 13.6. The molecule has 19 heavy (non-hydrogen) atoms. The van der Waals surface area contributed by atoms with Crippen LogP contribution in [0.1, 0.15) is 11.1 Å². The Bertz CT molecular complexity index is 665. The van der Waals surface area contributed by atoms with Gasteiger partial charge in [0.25, 0.3) is 0 Å². The minimum absolute atomic E-state index is 0.0569. The maximum Gasteiger partial charge on any atom is 0.148 e. The van der Waals surface area contributed by atoms with E-state index in [1.807, 2.05) is 0 Å². The van der Waals surface area contributed by atoms with E-state index >= 15 is 0 Å². The van der Waals surface area contributed by atoms with Crippen LogP contribution in [0.3, 0.4) is 0 Å². The fourth-order valence-corrected chi connectivity index (χ4v) is 2.50. The van der Waals surface area contributed by atoms with Crippen LogP contribution in [-0.2, 0) is 6.54 Å². The Balaban J connectivity index is 2.09. The summed E-state index contributed by atoms with van der Waals surface area (Å²) in [6.07, 6.45) is 0. The van der Waals surface area contributed by atoms with Crippen molar-refractivity contribution in [2.75, 3.05) is 4.90 Å². The second kappa shape index (κ2) is 4.31. The first-order valence-corrected chi connectivity index (χ1v) is 6.04. The second-order valence-corrected chi connectivity index (χ2v) is 4.71. The number of nitrogens with one attached hydrogen (secondary N) is 1. The van der Waals surface area contributed by atoms with Gasteiger partial charge in [-0.3, -0.25) is 5.41 Å². The van der Waals surface area contributed by atoms with Gasteiger partial charge in [-0.05, 0) is 29.8 Å². The maximum atomic E-state index is 13.9. The largest absolute Gasteiger partial charge is 0.318 e. The van der Waals surface area contributed by atoms with E-state index in [-0.39, 0.29) is 16.5 Å². The van der Waals surface area contributed by atoms with Crippen LogP contribution in [0.5, 0.6) is 0 Å². The fourth-order valence-electron chi connectivity index (χ4n) is 2.24. The van der Waals surface area contributed by atoms with Gasteiger partial charge in [-0.1, -0.05) is 23.7 Å². The van der Waals surface area contributed by atoms with Crippen LogP contribution in [0.25, 0.3) is 0 Å². The van der Waals surface area contributed by atoms with E-state index in [9.17, 15) is 8.78 Å². The molecular weight excluding hydrogens is 270 g/mol. The van der Waals surface area contributed by atoms with Crippen molar-refractivity contribution in [3.8, 4) is 0 Å². The van der Waals surface area contributed by atoms with Crippen molar-refractivity contribution >= 4 is 23.1 Å². The van der Waals surface area contributed by atoms with Gasteiger partial charge in [-0.15, -0.1) is 0 Å². The Hall–Kier alpha value is -1.94. The number of anilines is 1. The number of nitrogens with zero attached hydrogens (tertiary/aromatic N) is 1. The number of halogens is 3. The molecule has 2 aromatic rings. The highest BCUT2D eigenvalue weighted by Crippen LogP contribution is 2.35. The van der Waals surface area contributed by atoms with Crippen molar-refractivity contribution in [1.82, 2.24) is 0 Å². The number of hydrogen-bond acceptors (Lipinski definition) is 1. The van der Waals surface area contributed by atoms with Gasteiger partial charge in [0, 0.05) is 5.56 Å². The van der Waals surface area contributed by atoms with E-state index in [1.165, 1.54) is 29.2 Å². The number of rotatable bonds is 1. The number of para-hydroxylation sites is 1. The molecule has 0 amide bonds. The van der Waals surface area contributed by atoms with Crippen molar-refractivity contribution in [1.29, 1.82) is 5.41 Å². The molecule has 5 heteroatoms. The zero-order valence-corrected chi connectivity index (χ0v) is 10.5. The first-order chi connectivity index (χ1) is 9.08. The molecular formula is C14H9ClF2N2. The summed E-state index contributed by atoms with van der Waals surface area (Å²) in [5.41, 5.74) is 1.41. The van der Waals surface area contributed by atoms with Crippen LogP contribution in [0, 0.1) is 17.0 Å². The zero-order valence-electron chi connectivity index (χ0n) is 9.75. The molecule has 0 atom stereocenters. The van der Waals surface area contributed by atoms with Crippen LogP contribution >= 0.6 is 11.6 Å². The summed E-state index contributed by atoms with van der Waals surface area (Å²) in [4.78, 5) is 1.45. The third-order valence-electron chi connectivity index (χ3n) is 3.13. The number of fused-ring (bicyclic) bond motifs is 1. The molecule has 1 aliphatic rings. The van der Waals surface area contributed by atoms with Gasteiger partial charge >= 0.3 is 0 Å². The Morgan fingerprint density at radius 2 is 1.95 bits per heavy atom. The Morgan fingerprint density at radius 1 is 1.16 bits per heavy atom. The molecule has 1 aliphatic heterocycles. The van der Waals surface area contributed by atoms with E-state index in [0.717, 1.165) is 5.56 Å². The number of amidine groups is 1. The quantitative estimate of drug-likeness (QED) is 0.840. The molecule has 3 rings (SSSR count). The molecule has 0 bridgehead atoms. The summed E-state index contributed by atoms with van der Waals surface area (Å²) < 4.78 is 27.1. The van der Waals surface area contributed by atoms with Gasteiger partial charge in [-0.2, -0.15) is 0 Å². The molecule has 0 radical (unpaired) electrons. The second-order valence-electron chi connectivity index (χ2n) is 4.31. The van der Waals surface area contributed by atoms with Crippen molar-refractivity contribution in [3.63, 3.8) is 0 Å². The van der Waals surface area contributed by atoms with E-state index in [1.54, 1.807) is 12.1 Å². The van der Waals surface area contributed by atoms with Crippen molar-refractivity contribution in [2.45, 2.75) is 6.54 Å². The van der Waals surface area contributed by atoms with Gasteiger partial charge in [-0.25, -0.2) is 8.78 Å². The van der Waals surface area contributed by atoms with Gasteiger partial charge in [0.05, 0.1) is 17.3 Å². The molecule has 0 spiro atoms. The SMILES string of the molecule is N=C1c2cc(F)ccc2CN1c1c(F)cccc1Cl. The lowest BCUT2D eigenvalue weighted by Crippen LogP contribution is -2.24. The Morgan fingerprint density at radius 3 is 2.68 bits per heavy atom. The molecule has 2 nitrogen and oxygen atoms in total. The van der Waals surface area contributed by atoms with Crippen molar-refractivity contribution < 1.29 is 8.78 Å². The number of benzene rings is 2. The van der Waals surface area contributed by atoms with Crippen LogP contribution in [0.2, 0.25) is 5.02 Å². The molecule has 0 saturated carbocycles. The molecule has 0 aliphatic carbocycles. The van der Waals surface area contributed by atoms with Gasteiger partial charge in [0.2, 0.25) is 0 Å². The monoisotopic (exact) mass is 278 g/mol. The Labute approximate surface area is 113 Å². The van der Waals surface area contributed by atoms with Crippen LogP contribution in [-0.4, -0.2) is 5.84 Å². The third kappa shape index (κ3) is 1.88. The van der Waals surface area contributed by atoms with Gasteiger partial charge < -0.3 is 4.90 Å². The van der Waals surface area contributed by atoms with Crippen LogP contribution in [0.15, 0.2) is 36.4 Å². The minimum atomic E-state index is -0.495. The lowest BCUT2D eigenvalue weighted by molar-refractivity contribution is 0.625. The third-order valence-corrected chi connectivity index (χ3v) is 3.44. The standard InChI is InChI=1S/C14H9ClF2N2/c15-11-2-1-3-12(17)13(11)19-7-8-4-5-9(16)6-10(8)14(19)18/h1-6,18H,7H2. The average molecular weight is 279 g/mol. The smallest absolute Gasteiger partial charge is 0.148 e. The van der Waals surface area contributed by atoms with Crippen molar-refractivity contribution in [3.05, 3.63) is 64.2 Å². The maximum absolute atomic E-state index is 13.9. The summed E-state index contributed by atoms with van der Waals surface area (Å²) >= 11 is 6.00. The van der Waals surface area contributed by atoms with Crippen LogP contribution in [0.4, 0.5) is 14.5 Å². The molecule has 2 aromatic carbocycles. The molecule has 1 N–H and O–H groups in total. The first-order valence-electron chi connectivity index (χ1n) is 5.67. The molecule has 96 valence electrons. The summed E-state index contributed by atoms with van der Waals surface area (Å²) in [6, 6.07) is 8.58. The highest BCUT2D eigenvalue weighted by Gasteiger charge is 2.28. The van der Waals surface area contributed by atoms with E-state index < -0.39 is 11.6 Å². The summed E-state index contributed by atoms with van der Waals surface area (Å²) in [6.45, 7) is 0.315. The average Bonchev–Trinajstić information content (AvgIpc) is 2.67. The highest BCUT2D eigenvalue weighted by molar-refractivity contribution is 6.34. The van der Waals surface area contributed by atoms with E-state index in [4.69, 9.17) is 17.0 Å². The molecule has 0 unspecified atom stereocenters. The highest BCUT2D eigenvalue weighted by atomic mass is 35.5. The van der Waals surface area contributed by atoms with Gasteiger partial charge in [0.15, 0.2) is 0 Å². The topological polar surface area (TPSA) is 27.1 Å². The lowest BCUT2D eigenvalue weighted by Gasteiger charge is -2.19. The van der Waals surface area contributed by atoms with Crippen LogP contribution < -0.4 is 4.90 Å². The predicted molar refractivity (Wildman–Crippen MR) is 70.8 cm³/mol. The fraction of sp³-hybridized carbons (Fsp3) is 0.0714.